The van der Waals surface area contributed by atoms with Gasteiger partial charge in [-0.15, -0.1) is 0 Å². The summed E-state index contributed by atoms with van der Waals surface area (Å²) in [5.74, 6) is -0.503. The van der Waals surface area contributed by atoms with E-state index in [0.717, 1.165) is 57.5 Å². The maximum atomic E-state index is 11.6. The molecule has 0 bridgehead atoms. The molecule has 4 N–H and O–H groups in total. The number of nitrogens with zero attached hydrogens (tertiary/aromatic N) is 2. The molecule has 0 aromatic heterocycles. The Bertz CT molecular complexity index is 803. The number of likely N-dealkylation sites (tertiary alicyclic amines) is 1. The van der Waals surface area contributed by atoms with Gasteiger partial charge < -0.3 is 20.9 Å². The summed E-state index contributed by atoms with van der Waals surface area (Å²) in [6.07, 6.45) is 4.75. The van der Waals surface area contributed by atoms with Crippen LogP contribution in [0, 0.1) is 0 Å². The summed E-state index contributed by atoms with van der Waals surface area (Å²) in [6.45, 7) is 4.19. The number of anilines is 1. The molecule has 0 aliphatic carbocycles. The van der Waals surface area contributed by atoms with Crippen molar-refractivity contribution in [2.45, 2.75) is 43.6 Å². The third kappa shape index (κ3) is 4.07. The maximum Gasteiger partial charge on any atom is 0.322 e. The minimum absolute atomic E-state index is 0.106. The van der Waals surface area contributed by atoms with E-state index >= 15 is 0 Å². The van der Waals surface area contributed by atoms with Crippen LogP contribution in [0.5, 0.6) is 0 Å². The van der Waals surface area contributed by atoms with Gasteiger partial charge in [0.1, 0.15) is 6.04 Å². The summed E-state index contributed by atoms with van der Waals surface area (Å²) in [5.41, 5.74) is 8.07. The van der Waals surface area contributed by atoms with E-state index in [1.165, 1.54) is 5.56 Å². The number of imide groups is 1. The van der Waals surface area contributed by atoms with Gasteiger partial charge in [-0.3, -0.25) is 14.9 Å². The van der Waals surface area contributed by atoms with Crippen molar-refractivity contribution in [1.29, 1.82) is 0 Å². The SMILES string of the molecule is NC(=O)CN1CC2(CCN(CCCCC3NC(=O)NC3=O)CC2)c2ccccc21. The first-order chi connectivity index (χ1) is 14.0. The van der Waals surface area contributed by atoms with Gasteiger partial charge in [0, 0.05) is 17.6 Å². The van der Waals surface area contributed by atoms with E-state index in [1.54, 1.807) is 0 Å². The normalized spacial score (nSPS) is 23.2. The van der Waals surface area contributed by atoms with Crippen LogP contribution in [0.25, 0.3) is 0 Å². The van der Waals surface area contributed by atoms with E-state index < -0.39 is 0 Å². The van der Waals surface area contributed by atoms with Gasteiger partial charge in [-0.2, -0.15) is 0 Å². The van der Waals surface area contributed by atoms with Gasteiger partial charge in [0.15, 0.2) is 0 Å². The Hall–Kier alpha value is -2.61. The molecular weight excluding hydrogens is 370 g/mol. The third-order valence-electron chi connectivity index (χ3n) is 6.55. The molecule has 1 aromatic rings. The van der Waals surface area contributed by atoms with Gasteiger partial charge in [0.2, 0.25) is 5.91 Å². The summed E-state index contributed by atoms with van der Waals surface area (Å²) in [7, 11) is 0. The Labute approximate surface area is 170 Å². The first kappa shape index (κ1) is 19.7. The molecule has 4 rings (SSSR count). The highest BCUT2D eigenvalue weighted by molar-refractivity contribution is 6.04. The van der Waals surface area contributed by atoms with E-state index in [1.807, 2.05) is 6.07 Å². The standard InChI is InChI=1S/C21H29N5O3/c22-18(27)13-26-14-21(15-5-1-2-7-17(15)26)8-11-25(12-9-21)10-4-3-6-16-19(28)24-20(29)23-16/h1-2,5,7,16H,3-4,6,8-14H2,(H2,22,27)(H2,23,24,28,29). The lowest BCUT2D eigenvalue weighted by atomic mass is 9.74. The van der Waals surface area contributed by atoms with Gasteiger partial charge in [-0.1, -0.05) is 18.2 Å². The molecule has 156 valence electrons. The zero-order chi connectivity index (χ0) is 20.4. The summed E-state index contributed by atoms with van der Waals surface area (Å²) >= 11 is 0. The van der Waals surface area contributed by atoms with Crippen molar-refractivity contribution in [3.63, 3.8) is 0 Å². The van der Waals surface area contributed by atoms with E-state index in [9.17, 15) is 14.4 Å². The van der Waals surface area contributed by atoms with Gasteiger partial charge in [-0.25, -0.2) is 4.79 Å². The Balaban J connectivity index is 1.27. The molecule has 1 unspecified atom stereocenters. The number of unbranched alkanes of at least 4 members (excludes halogenated alkanes) is 1. The number of nitrogens with two attached hydrogens (primary N) is 1. The molecular formula is C21H29N5O3. The molecule has 2 saturated heterocycles. The second-order valence-corrected chi connectivity index (χ2v) is 8.47. The number of amides is 4. The number of para-hydroxylation sites is 1. The van der Waals surface area contributed by atoms with Crippen LogP contribution in [0.15, 0.2) is 24.3 Å². The number of rotatable bonds is 7. The van der Waals surface area contributed by atoms with Gasteiger partial charge in [0.05, 0.1) is 6.54 Å². The summed E-state index contributed by atoms with van der Waals surface area (Å²) in [4.78, 5) is 38.8. The van der Waals surface area contributed by atoms with Crippen molar-refractivity contribution in [2.75, 3.05) is 37.6 Å². The predicted molar refractivity (Wildman–Crippen MR) is 110 cm³/mol. The van der Waals surface area contributed by atoms with Crippen molar-refractivity contribution in [1.82, 2.24) is 15.5 Å². The van der Waals surface area contributed by atoms with E-state index in [0.29, 0.717) is 6.42 Å². The summed E-state index contributed by atoms with van der Waals surface area (Å²) < 4.78 is 0. The Morgan fingerprint density at radius 2 is 1.93 bits per heavy atom. The first-order valence-electron chi connectivity index (χ1n) is 10.4. The molecule has 2 fully saturated rings. The second-order valence-electron chi connectivity index (χ2n) is 8.47. The molecule has 8 nitrogen and oxygen atoms in total. The average molecular weight is 399 g/mol. The van der Waals surface area contributed by atoms with Crippen molar-refractivity contribution >= 4 is 23.5 Å². The number of hydrogen-bond acceptors (Lipinski definition) is 5. The van der Waals surface area contributed by atoms with Gasteiger partial charge >= 0.3 is 6.03 Å². The van der Waals surface area contributed by atoms with Gasteiger partial charge in [-0.05, 0) is 63.4 Å². The van der Waals surface area contributed by atoms with Crippen LogP contribution in [0.4, 0.5) is 10.5 Å². The number of urea groups is 1. The molecule has 1 spiro atoms. The molecule has 1 atom stereocenters. The highest BCUT2D eigenvalue weighted by Crippen LogP contribution is 2.46. The van der Waals surface area contributed by atoms with Crippen molar-refractivity contribution in [3.05, 3.63) is 29.8 Å². The van der Waals surface area contributed by atoms with Gasteiger partial charge in [0.25, 0.3) is 5.91 Å². The van der Waals surface area contributed by atoms with Crippen LogP contribution < -0.4 is 21.3 Å². The van der Waals surface area contributed by atoms with Crippen LogP contribution >= 0.6 is 0 Å². The molecule has 3 aliphatic rings. The van der Waals surface area contributed by atoms with Crippen LogP contribution in [0.1, 0.15) is 37.7 Å². The number of hydrogen-bond donors (Lipinski definition) is 3. The highest BCUT2D eigenvalue weighted by Gasteiger charge is 2.44. The number of piperidine rings is 1. The van der Waals surface area contributed by atoms with Crippen LogP contribution in [0.2, 0.25) is 0 Å². The quantitative estimate of drug-likeness (QED) is 0.462. The number of fused-ring (bicyclic) bond motifs is 2. The molecule has 8 heteroatoms. The van der Waals surface area contributed by atoms with E-state index in [4.69, 9.17) is 5.73 Å². The lowest BCUT2D eigenvalue weighted by Gasteiger charge is -2.40. The summed E-state index contributed by atoms with van der Waals surface area (Å²) in [6, 6.07) is 7.64. The highest BCUT2D eigenvalue weighted by atomic mass is 16.2. The first-order valence-corrected chi connectivity index (χ1v) is 10.4. The fraction of sp³-hybridized carbons (Fsp3) is 0.571. The van der Waals surface area contributed by atoms with Crippen molar-refractivity contribution < 1.29 is 14.4 Å². The zero-order valence-electron chi connectivity index (χ0n) is 16.7. The fourth-order valence-corrected chi connectivity index (χ4v) is 5.04. The number of nitrogens with one attached hydrogen (secondary N) is 2. The van der Waals surface area contributed by atoms with E-state index in [-0.39, 0.29) is 35.8 Å². The molecule has 29 heavy (non-hydrogen) atoms. The van der Waals surface area contributed by atoms with Crippen LogP contribution in [-0.2, 0) is 15.0 Å². The topological polar surface area (TPSA) is 108 Å². The number of benzene rings is 1. The largest absolute Gasteiger partial charge is 0.368 e. The van der Waals surface area contributed by atoms with Crippen LogP contribution in [-0.4, -0.2) is 61.5 Å². The minimum Gasteiger partial charge on any atom is -0.368 e. The monoisotopic (exact) mass is 399 g/mol. The van der Waals surface area contributed by atoms with Crippen molar-refractivity contribution in [3.8, 4) is 0 Å². The molecule has 0 radical (unpaired) electrons. The summed E-state index contributed by atoms with van der Waals surface area (Å²) in [5, 5.41) is 4.93. The smallest absolute Gasteiger partial charge is 0.322 e. The Morgan fingerprint density at radius 3 is 2.62 bits per heavy atom. The number of carbonyl (C=O) groups is 3. The van der Waals surface area contributed by atoms with Crippen molar-refractivity contribution in [2.24, 2.45) is 5.73 Å². The molecule has 0 saturated carbocycles. The minimum atomic E-state index is -0.386. The third-order valence-corrected chi connectivity index (χ3v) is 6.55. The van der Waals surface area contributed by atoms with E-state index in [2.05, 4.69) is 38.6 Å². The molecule has 3 heterocycles. The Morgan fingerprint density at radius 1 is 1.17 bits per heavy atom. The molecule has 1 aromatic carbocycles. The zero-order valence-corrected chi connectivity index (χ0v) is 16.7. The average Bonchev–Trinajstić information content (AvgIpc) is 3.17. The van der Waals surface area contributed by atoms with Crippen LogP contribution in [0.3, 0.4) is 0 Å². The predicted octanol–water partition coefficient (Wildman–Crippen LogP) is 0.704. The Kier molecular flexibility index (Phi) is 5.45. The fourth-order valence-electron chi connectivity index (χ4n) is 5.04. The lowest BCUT2D eigenvalue weighted by Crippen LogP contribution is -2.46. The second kappa shape index (κ2) is 8.02. The maximum absolute atomic E-state index is 11.6. The molecule has 4 amide bonds. The lowest BCUT2D eigenvalue weighted by molar-refractivity contribution is -0.120. The molecule has 3 aliphatic heterocycles. The number of carbonyl (C=O) groups excluding carboxylic acids is 3. The number of primary amides is 1.